The second kappa shape index (κ2) is 13.3. The van der Waals surface area contributed by atoms with Crippen LogP contribution in [-0.2, 0) is 5.41 Å². The molecule has 0 saturated carbocycles. The zero-order valence-electron chi connectivity index (χ0n) is 32.4. The maximum Gasteiger partial charge on any atom is 0.198 e. The molecule has 0 radical (unpaired) electrons. The Morgan fingerprint density at radius 3 is 1.73 bits per heavy atom. The summed E-state index contributed by atoms with van der Waals surface area (Å²) in [6, 6.07) is 80.2. The smallest absolute Gasteiger partial charge is 0.198 e. The second-order valence-corrected chi connectivity index (χ2v) is 15.7. The Morgan fingerprint density at radius 2 is 1.02 bits per heavy atom. The summed E-state index contributed by atoms with van der Waals surface area (Å²) in [5.41, 5.74) is 18.9. The van der Waals surface area contributed by atoms with Crippen LogP contribution in [0.3, 0.4) is 0 Å². The van der Waals surface area contributed by atoms with Crippen LogP contribution in [0.1, 0.15) is 22.3 Å². The third-order valence-electron chi connectivity index (χ3n) is 12.6. The quantitative estimate of drug-likeness (QED) is 0.171. The second-order valence-electron chi connectivity index (χ2n) is 15.7. The molecule has 0 spiro atoms. The highest BCUT2D eigenvalue weighted by atomic mass is 15.2. The molecule has 0 aliphatic carbocycles. The SMILES string of the molecule is B1c2cccc3c2N(c2ccccc2C3(c2ccccc2)c2ccccc2)c2cc(N(c3ccccc3)c3ccccc3)cc(-c3cccc4c3[nH]c3ccccc34)c21. The molecule has 1 N–H and O–H groups in total. The van der Waals surface area contributed by atoms with Crippen LogP contribution in [0.25, 0.3) is 32.9 Å². The number of H-pyrrole nitrogens is 1. The third kappa shape index (κ3) is 4.96. The highest BCUT2D eigenvalue weighted by molar-refractivity contribution is 6.73. The number of benzene rings is 9. The first-order chi connectivity index (χ1) is 29.3. The lowest BCUT2D eigenvalue weighted by atomic mass is 9.54. The molecule has 0 amide bonds. The Kier molecular flexibility index (Phi) is 7.54. The van der Waals surface area contributed by atoms with Crippen molar-refractivity contribution in [3.8, 4) is 11.1 Å². The first-order valence-corrected chi connectivity index (χ1v) is 20.5. The summed E-state index contributed by atoms with van der Waals surface area (Å²) in [5, 5.41) is 2.47. The van der Waals surface area contributed by atoms with E-state index in [0.29, 0.717) is 0 Å². The van der Waals surface area contributed by atoms with Crippen LogP contribution >= 0.6 is 0 Å². The van der Waals surface area contributed by atoms with E-state index in [-0.39, 0.29) is 0 Å². The zero-order chi connectivity index (χ0) is 38.9. The largest absolute Gasteiger partial charge is 0.354 e. The van der Waals surface area contributed by atoms with Crippen LogP contribution in [0.2, 0.25) is 0 Å². The van der Waals surface area contributed by atoms with Crippen LogP contribution in [0, 0.1) is 0 Å². The molecule has 12 rings (SSSR count). The van der Waals surface area contributed by atoms with Gasteiger partial charge in [0.15, 0.2) is 7.28 Å². The number of hydrogen-bond acceptors (Lipinski definition) is 2. The minimum Gasteiger partial charge on any atom is -0.354 e. The molecule has 276 valence electrons. The number of para-hydroxylation sites is 6. The number of aromatic nitrogens is 1. The summed E-state index contributed by atoms with van der Waals surface area (Å²) in [4.78, 5) is 8.86. The summed E-state index contributed by atoms with van der Waals surface area (Å²) in [5.74, 6) is 0. The molecule has 0 atom stereocenters. The maximum atomic E-state index is 3.86. The summed E-state index contributed by atoms with van der Waals surface area (Å²) in [6.45, 7) is 0. The summed E-state index contributed by atoms with van der Waals surface area (Å²) >= 11 is 0. The zero-order valence-corrected chi connectivity index (χ0v) is 32.4. The molecule has 0 saturated heterocycles. The number of rotatable bonds is 6. The van der Waals surface area contributed by atoms with E-state index in [2.05, 4.69) is 233 Å². The van der Waals surface area contributed by atoms with Crippen molar-refractivity contribution in [2.45, 2.75) is 5.41 Å². The normalized spacial score (nSPS) is 13.3. The molecule has 0 bridgehead atoms. The number of fused-ring (bicyclic) bond motifs is 7. The fourth-order valence-corrected chi connectivity index (χ4v) is 10.3. The van der Waals surface area contributed by atoms with Gasteiger partial charge in [-0.1, -0.05) is 175 Å². The van der Waals surface area contributed by atoms with Crippen molar-refractivity contribution in [1.82, 2.24) is 4.98 Å². The van der Waals surface area contributed by atoms with Crippen LogP contribution in [-0.4, -0.2) is 12.3 Å². The number of nitrogens with zero attached hydrogens (tertiary/aromatic N) is 2. The van der Waals surface area contributed by atoms with E-state index in [1.54, 1.807) is 0 Å². The topological polar surface area (TPSA) is 22.3 Å². The van der Waals surface area contributed by atoms with Gasteiger partial charge in [-0.15, -0.1) is 0 Å². The minimum atomic E-state index is -0.533. The first kappa shape index (κ1) is 33.6. The van der Waals surface area contributed by atoms with Gasteiger partial charge in [0, 0.05) is 50.3 Å². The number of anilines is 6. The van der Waals surface area contributed by atoms with Crippen molar-refractivity contribution in [3.63, 3.8) is 0 Å². The van der Waals surface area contributed by atoms with Crippen molar-refractivity contribution < 1.29 is 0 Å². The lowest BCUT2D eigenvalue weighted by Gasteiger charge is -2.49. The Morgan fingerprint density at radius 1 is 0.441 bits per heavy atom. The highest BCUT2D eigenvalue weighted by Gasteiger charge is 2.48. The van der Waals surface area contributed by atoms with Crippen LogP contribution in [0.15, 0.2) is 218 Å². The predicted molar refractivity (Wildman–Crippen MR) is 249 cm³/mol. The minimum absolute atomic E-state index is 0.533. The Balaban J connectivity index is 1.20. The summed E-state index contributed by atoms with van der Waals surface area (Å²) in [6.07, 6.45) is 0. The fourth-order valence-electron chi connectivity index (χ4n) is 10.3. The fraction of sp³-hybridized carbons (Fsp3) is 0.0182. The number of hydrogen-bond donors (Lipinski definition) is 1. The molecule has 0 unspecified atom stereocenters. The molecule has 0 fully saturated rings. The molecule has 9 aromatic carbocycles. The molecule has 10 aromatic rings. The van der Waals surface area contributed by atoms with Gasteiger partial charge >= 0.3 is 0 Å². The van der Waals surface area contributed by atoms with E-state index in [4.69, 9.17) is 0 Å². The van der Waals surface area contributed by atoms with Gasteiger partial charge < -0.3 is 14.8 Å². The number of aromatic amines is 1. The van der Waals surface area contributed by atoms with Gasteiger partial charge in [-0.2, -0.15) is 0 Å². The highest BCUT2D eigenvalue weighted by Crippen LogP contribution is 2.58. The van der Waals surface area contributed by atoms with E-state index in [0.717, 1.165) is 35.4 Å². The Hall–Kier alpha value is -7.56. The molecular weight excluding hydrogens is 713 g/mol. The van der Waals surface area contributed by atoms with Crippen molar-refractivity contribution in [3.05, 3.63) is 241 Å². The van der Waals surface area contributed by atoms with Crippen LogP contribution in [0.4, 0.5) is 34.1 Å². The van der Waals surface area contributed by atoms with E-state index >= 15 is 0 Å². The molecular formula is C55H38BN3. The molecule has 2 aliphatic rings. The molecule has 1 aromatic heterocycles. The van der Waals surface area contributed by atoms with Crippen molar-refractivity contribution in [2.24, 2.45) is 0 Å². The van der Waals surface area contributed by atoms with E-state index in [1.807, 2.05) is 0 Å². The van der Waals surface area contributed by atoms with Gasteiger partial charge in [-0.05, 0) is 81.8 Å². The molecule has 3 heterocycles. The van der Waals surface area contributed by atoms with E-state index in [9.17, 15) is 0 Å². The van der Waals surface area contributed by atoms with Gasteiger partial charge in [-0.25, -0.2) is 0 Å². The summed E-state index contributed by atoms with van der Waals surface area (Å²) < 4.78 is 0. The molecule has 3 nitrogen and oxygen atoms in total. The summed E-state index contributed by atoms with van der Waals surface area (Å²) in [7, 11) is 0.791. The average Bonchev–Trinajstić information content (AvgIpc) is 3.69. The molecule has 4 heteroatoms. The monoisotopic (exact) mass is 751 g/mol. The van der Waals surface area contributed by atoms with E-state index < -0.39 is 5.41 Å². The van der Waals surface area contributed by atoms with Crippen molar-refractivity contribution >= 4 is 74.1 Å². The number of nitrogens with one attached hydrogen (secondary N) is 1. The Labute approximate surface area is 344 Å². The predicted octanol–water partition coefficient (Wildman–Crippen LogP) is 12.3. The lowest BCUT2D eigenvalue weighted by molar-refractivity contribution is 0.732. The molecule has 2 aliphatic heterocycles. The van der Waals surface area contributed by atoms with Gasteiger partial charge in [0.25, 0.3) is 0 Å². The van der Waals surface area contributed by atoms with Crippen LogP contribution in [0.5, 0.6) is 0 Å². The van der Waals surface area contributed by atoms with Gasteiger partial charge in [0.05, 0.1) is 16.6 Å². The average molecular weight is 752 g/mol. The van der Waals surface area contributed by atoms with E-state index in [1.165, 1.54) is 72.1 Å². The van der Waals surface area contributed by atoms with Gasteiger partial charge in [0.2, 0.25) is 0 Å². The third-order valence-corrected chi connectivity index (χ3v) is 12.6. The maximum absolute atomic E-state index is 3.86. The van der Waals surface area contributed by atoms with Crippen molar-refractivity contribution in [1.29, 1.82) is 0 Å². The molecule has 59 heavy (non-hydrogen) atoms. The lowest BCUT2D eigenvalue weighted by Crippen LogP contribution is -2.47. The van der Waals surface area contributed by atoms with Crippen LogP contribution < -0.4 is 20.7 Å². The van der Waals surface area contributed by atoms with Gasteiger partial charge in [-0.3, -0.25) is 0 Å². The van der Waals surface area contributed by atoms with Crippen molar-refractivity contribution in [2.75, 3.05) is 9.80 Å². The van der Waals surface area contributed by atoms with Gasteiger partial charge in [0.1, 0.15) is 0 Å². The first-order valence-electron chi connectivity index (χ1n) is 20.5. The Bertz CT molecular complexity index is 3120. The standard InChI is InChI=1S/C55H38BN3/c1-5-19-37(20-6-1)55(38-21-7-2-8-22-38)46-30-14-16-34-50(46)59-51-36-41(58(39-23-9-3-10-24-39)40-25-11-4-12-26-40)35-45(52(51)56-48-32-18-31-47(55)54(48)59)44-29-17-28-43-42-27-13-15-33-49(42)57-53(43)44/h1-36,56-57H.